The summed E-state index contributed by atoms with van der Waals surface area (Å²) < 4.78 is 1.81. The van der Waals surface area contributed by atoms with Crippen molar-refractivity contribution < 1.29 is 4.79 Å². The van der Waals surface area contributed by atoms with Gasteiger partial charge >= 0.3 is 0 Å². The summed E-state index contributed by atoms with van der Waals surface area (Å²) in [5.74, 6) is 0.0730. The molecule has 0 aliphatic rings. The van der Waals surface area contributed by atoms with E-state index in [9.17, 15) is 9.59 Å². The number of hydrogen-bond acceptors (Lipinski definition) is 5. The van der Waals surface area contributed by atoms with Crippen LogP contribution in [0, 0.1) is 13.8 Å². The molecule has 0 spiro atoms. The van der Waals surface area contributed by atoms with Crippen molar-refractivity contribution in [3.05, 3.63) is 81.9 Å². The first-order valence-electron chi connectivity index (χ1n) is 9.49. The minimum absolute atomic E-state index is 0.107. The summed E-state index contributed by atoms with van der Waals surface area (Å²) in [5.41, 5.74) is 4.59. The molecule has 4 rings (SSSR count). The molecule has 2 aromatic carbocycles. The van der Waals surface area contributed by atoms with Crippen LogP contribution in [0.15, 0.2) is 64.8 Å². The standard InChI is InChI=1S/C22H21N5O2S/c1-14-3-7-16(8-4-14)11-23-18(28)12-30-22-26-19-20(24-13-25-21(19)29)27(22)17-9-5-15(2)6-10-17/h3-10,13H,11-12H2,1-2H3,(H,23,28)(H,24,25,29). The predicted molar refractivity (Wildman–Crippen MR) is 118 cm³/mol. The van der Waals surface area contributed by atoms with Crippen LogP contribution >= 0.6 is 11.8 Å². The first-order chi connectivity index (χ1) is 14.5. The molecule has 8 heteroatoms. The maximum absolute atomic E-state index is 12.4. The summed E-state index contributed by atoms with van der Waals surface area (Å²) in [6.07, 6.45) is 1.36. The number of nitrogens with one attached hydrogen (secondary N) is 2. The molecule has 30 heavy (non-hydrogen) atoms. The Balaban J connectivity index is 1.54. The van der Waals surface area contributed by atoms with E-state index in [-0.39, 0.29) is 22.7 Å². The van der Waals surface area contributed by atoms with E-state index in [1.165, 1.54) is 23.7 Å². The molecule has 0 fully saturated rings. The number of amides is 1. The normalized spacial score (nSPS) is 11.0. The number of aryl methyl sites for hydroxylation is 2. The van der Waals surface area contributed by atoms with Crippen LogP contribution in [0.5, 0.6) is 0 Å². The predicted octanol–water partition coefficient (Wildman–Crippen LogP) is 3.13. The highest BCUT2D eigenvalue weighted by Crippen LogP contribution is 2.25. The van der Waals surface area contributed by atoms with Crippen molar-refractivity contribution in [2.45, 2.75) is 25.5 Å². The van der Waals surface area contributed by atoms with Crippen molar-refractivity contribution in [2.75, 3.05) is 5.75 Å². The van der Waals surface area contributed by atoms with Gasteiger partial charge in [-0.25, -0.2) is 9.97 Å². The maximum Gasteiger partial charge on any atom is 0.278 e. The molecule has 2 heterocycles. The number of imidazole rings is 1. The molecular formula is C22H21N5O2S. The number of hydrogen-bond donors (Lipinski definition) is 2. The van der Waals surface area contributed by atoms with Crippen LogP contribution in [0.25, 0.3) is 16.9 Å². The SMILES string of the molecule is Cc1ccc(CNC(=O)CSc2nc3c(=O)[nH]cnc3n2-c2ccc(C)cc2)cc1. The van der Waals surface area contributed by atoms with Crippen molar-refractivity contribution in [1.82, 2.24) is 24.8 Å². The Kier molecular flexibility index (Phi) is 5.67. The number of nitrogens with zero attached hydrogens (tertiary/aromatic N) is 3. The zero-order chi connectivity index (χ0) is 21.1. The quantitative estimate of drug-likeness (QED) is 0.469. The van der Waals surface area contributed by atoms with Gasteiger partial charge in [0.1, 0.15) is 0 Å². The fraction of sp³-hybridized carbons (Fsp3) is 0.182. The van der Waals surface area contributed by atoms with Gasteiger partial charge in [0.25, 0.3) is 5.56 Å². The lowest BCUT2D eigenvalue weighted by Gasteiger charge is -2.09. The maximum atomic E-state index is 12.4. The van der Waals surface area contributed by atoms with Crippen LogP contribution in [0.3, 0.4) is 0 Å². The Hall–Kier alpha value is -3.39. The number of aromatic nitrogens is 4. The lowest BCUT2D eigenvalue weighted by molar-refractivity contribution is -0.118. The van der Waals surface area contributed by atoms with Crippen molar-refractivity contribution in [1.29, 1.82) is 0 Å². The molecule has 0 radical (unpaired) electrons. The number of H-pyrrole nitrogens is 1. The third-order valence-electron chi connectivity index (χ3n) is 4.65. The van der Waals surface area contributed by atoms with E-state index in [4.69, 9.17) is 0 Å². The highest BCUT2D eigenvalue weighted by molar-refractivity contribution is 7.99. The molecule has 2 N–H and O–H groups in total. The Morgan fingerprint density at radius 1 is 1.07 bits per heavy atom. The average molecular weight is 420 g/mol. The third kappa shape index (κ3) is 4.28. The van der Waals surface area contributed by atoms with Crippen LogP contribution in [0.4, 0.5) is 0 Å². The van der Waals surface area contributed by atoms with Crippen LogP contribution in [0.2, 0.25) is 0 Å². The van der Waals surface area contributed by atoms with Gasteiger partial charge in [0, 0.05) is 12.2 Å². The number of rotatable bonds is 6. The van der Waals surface area contributed by atoms with Gasteiger partial charge in [-0.2, -0.15) is 0 Å². The van der Waals surface area contributed by atoms with Gasteiger partial charge in [0.2, 0.25) is 5.91 Å². The number of carbonyl (C=O) groups is 1. The van der Waals surface area contributed by atoms with E-state index in [0.29, 0.717) is 17.3 Å². The molecule has 2 aromatic heterocycles. The zero-order valence-corrected chi connectivity index (χ0v) is 17.5. The van der Waals surface area contributed by atoms with Gasteiger partial charge in [-0.3, -0.25) is 14.2 Å². The van der Waals surface area contributed by atoms with Gasteiger partial charge in [0.05, 0.1) is 12.1 Å². The molecule has 0 saturated carbocycles. The lowest BCUT2D eigenvalue weighted by Crippen LogP contribution is -2.24. The van der Waals surface area contributed by atoms with Gasteiger partial charge in [-0.15, -0.1) is 0 Å². The second kappa shape index (κ2) is 8.54. The van der Waals surface area contributed by atoms with Gasteiger partial charge in [-0.1, -0.05) is 59.3 Å². The molecule has 1 amide bonds. The summed E-state index contributed by atoms with van der Waals surface area (Å²) in [6.45, 7) is 4.50. The van der Waals surface area contributed by atoms with E-state index in [1.54, 1.807) is 0 Å². The Morgan fingerprint density at radius 2 is 1.73 bits per heavy atom. The summed E-state index contributed by atoms with van der Waals surface area (Å²) in [5, 5.41) is 3.47. The van der Waals surface area contributed by atoms with E-state index >= 15 is 0 Å². The van der Waals surface area contributed by atoms with Gasteiger partial charge in [-0.05, 0) is 31.5 Å². The van der Waals surface area contributed by atoms with Crippen LogP contribution in [-0.2, 0) is 11.3 Å². The second-order valence-corrected chi connectivity index (χ2v) is 7.96. The number of aromatic amines is 1. The molecule has 0 unspecified atom stereocenters. The molecule has 7 nitrogen and oxygen atoms in total. The third-order valence-corrected chi connectivity index (χ3v) is 5.59. The van der Waals surface area contributed by atoms with E-state index in [1.807, 2.05) is 66.9 Å². The van der Waals surface area contributed by atoms with E-state index in [0.717, 1.165) is 16.8 Å². The molecular weight excluding hydrogens is 398 g/mol. The zero-order valence-electron chi connectivity index (χ0n) is 16.7. The molecule has 0 bridgehead atoms. The second-order valence-electron chi connectivity index (χ2n) is 7.02. The first-order valence-corrected chi connectivity index (χ1v) is 10.5. The van der Waals surface area contributed by atoms with Gasteiger partial charge < -0.3 is 10.3 Å². The van der Waals surface area contributed by atoms with Crippen molar-refractivity contribution in [3.8, 4) is 5.69 Å². The monoisotopic (exact) mass is 419 g/mol. The minimum Gasteiger partial charge on any atom is -0.351 e. The smallest absolute Gasteiger partial charge is 0.278 e. The topological polar surface area (TPSA) is 92.7 Å². The number of thioether (sulfide) groups is 1. The molecule has 0 aliphatic carbocycles. The molecule has 0 atom stereocenters. The van der Waals surface area contributed by atoms with Crippen molar-refractivity contribution >= 4 is 28.8 Å². The Morgan fingerprint density at radius 3 is 2.43 bits per heavy atom. The number of carbonyl (C=O) groups excluding carboxylic acids is 1. The lowest BCUT2D eigenvalue weighted by atomic mass is 10.1. The number of fused-ring (bicyclic) bond motifs is 1. The summed E-state index contributed by atoms with van der Waals surface area (Å²) in [4.78, 5) is 35.9. The summed E-state index contributed by atoms with van der Waals surface area (Å²) in [6, 6.07) is 15.9. The van der Waals surface area contributed by atoms with Crippen LogP contribution < -0.4 is 10.9 Å². The molecule has 0 aliphatic heterocycles. The van der Waals surface area contributed by atoms with Gasteiger partial charge in [0.15, 0.2) is 16.3 Å². The first kappa shape index (κ1) is 19.9. The summed E-state index contributed by atoms with van der Waals surface area (Å²) >= 11 is 1.27. The van der Waals surface area contributed by atoms with Crippen LogP contribution in [0.1, 0.15) is 16.7 Å². The minimum atomic E-state index is -0.309. The highest BCUT2D eigenvalue weighted by atomic mass is 32.2. The summed E-state index contributed by atoms with van der Waals surface area (Å²) in [7, 11) is 0. The highest BCUT2D eigenvalue weighted by Gasteiger charge is 2.17. The molecule has 4 aromatic rings. The Bertz CT molecular complexity index is 1240. The van der Waals surface area contributed by atoms with Crippen molar-refractivity contribution in [3.63, 3.8) is 0 Å². The molecule has 0 saturated heterocycles. The molecule has 152 valence electrons. The average Bonchev–Trinajstić information content (AvgIpc) is 3.12. The largest absolute Gasteiger partial charge is 0.351 e. The van der Waals surface area contributed by atoms with Crippen molar-refractivity contribution in [2.24, 2.45) is 0 Å². The van der Waals surface area contributed by atoms with E-state index < -0.39 is 0 Å². The Labute approximate surface area is 177 Å². The number of benzene rings is 2. The fourth-order valence-electron chi connectivity index (χ4n) is 2.99. The van der Waals surface area contributed by atoms with Crippen LogP contribution in [-0.4, -0.2) is 31.2 Å². The van der Waals surface area contributed by atoms with E-state index in [2.05, 4.69) is 20.3 Å². The fourth-order valence-corrected chi connectivity index (χ4v) is 3.83.